The highest BCUT2D eigenvalue weighted by molar-refractivity contribution is 5.27. The first-order valence-corrected chi connectivity index (χ1v) is 4.49. The lowest BCUT2D eigenvalue weighted by Crippen LogP contribution is -1.86. The van der Waals surface area contributed by atoms with Crippen molar-refractivity contribution >= 4 is 0 Å². The second-order valence-corrected chi connectivity index (χ2v) is 2.95. The van der Waals surface area contributed by atoms with Gasteiger partial charge in [0, 0.05) is 0 Å². The van der Waals surface area contributed by atoms with Crippen molar-refractivity contribution in [2.24, 2.45) is 0 Å². The summed E-state index contributed by atoms with van der Waals surface area (Å²) in [6.45, 7) is 2.21. The maximum absolute atomic E-state index is 5.07. The van der Waals surface area contributed by atoms with Gasteiger partial charge in [-0.2, -0.15) is 0 Å². The molecule has 0 aliphatic rings. The van der Waals surface area contributed by atoms with Crippen LogP contribution in [0.4, 0.5) is 0 Å². The van der Waals surface area contributed by atoms with Gasteiger partial charge < -0.3 is 10.9 Å². The van der Waals surface area contributed by atoms with Crippen molar-refractivity contribution in [1.29, 1.82) is 0 Å². The Labute approximate surface area is 80.5 Å². The number of methoxy groups -OCH3 is 1. The minimum Gasteiger partial charge on any atom is -0.497 e. The van der Waals surface area contributed by atoms with E-state index >= 15 is 0 Å². The van der Waals surface area contributed by atoms with E-state index in [9.17, 15) is 0 Å². The predicted molar refractivity (Wildman–Crippen MR) is 56.6 cm³/mol. The molecule has 0 aliphatic heterocycles. The fourth-order valence-corrected chi connectivity index (χ4v) is 1.17. The summed E-state index contributed by atoms with van der Waals surface area (Å²) in [6.07, 6.45) is 3.71. The number of benzene rings is 1. The van der Waals surface area contributed by atoms with Gasteiger partial charge in [-0.25, -0.2) is 0 Å². The van der Waals surface area contributed by atoms with Crippen LogP contribution in [0, 0.1) is 0 Å². The first kappa shape index (κ1) is 12.0. The standard InChI is InChI=1S/C11H16O.H3N/c1-3-4-5-10-6-8-11(12-2)9-7-10;/h6-9H,3-5H2,1-2H3;1H3. The largest absolute Gasteiger partial charge is 0.497 e. The van der Waals surface area contributed by atoms with Crippen molar-refractivity contribution < 1.29 is 4.74 Å². The highest BCUT2D eigenvalue weighted by atomic mass is 16.5. The lowest BCUT2D eigenvalue weighted by Gasteiger charge is -2.01. The van der Waals surface area contributed by atoms with Crippen LogP contribution in [0.2, 0.25) is 0 Å². The van der Waals surface area contributed by atoms with Crippen molar-refractivity contribution in [3.8, 4) is 5.75 Å². The van der Waals surface area contributed by atoms with E-state index in [1.54, 1.807) is 7.11 Å². The van der Waals surface area contributed by atoms with E-state index in [4.69, 9.17) is 4.74 Å². The molecule has 1 aromatic carbocycles. The van der Waals surface area contributed by atoms with Gasteiger partial charge in [0.1, 0.15) is 5.75 Å². The molecule has 1 aromatic rings. The Hall–Kier alpha value is -1.02. The van der Waals surface area contributed by atoms with Crippen LogP contribution in [-0.4, -0.2) is 7.11 Å². The first-order chi connectivity index (χ1) is 5.86. The molecule has 0 saturated heterocycles. The van der Waals surface area contributed by atoms with Crippen LogP contribution in [0.5, 0.6) is 5.75 Å². The van der Waals surface area contributed by atoms with Gasteiger partial charge in [-0.1, -0.05) is 25.5 Å². The van der Waals surface area contributed by atoms with E-state index in [-0.39, 0.29) is 6.15 Å². The number of hydrogen-bond donors (Lipinski definition) is 1. The summed E-state index contributed by atoms with van der Waals surface area (Å²) in [6, 6.07) is 8.30. The van der Waals surface area contributed by atoms with Gasteiger partial charge in [-0.3, -0.25) is 0 Å². The van der Waals surface area contributed by atoms with Crippen LogP contribution in [0.15, 0.2) is 24.3 Å². The van der Waals surface area contributed by atoms with E-state index < -0.39 is 0 Å². The SMILES string of the molecule is CCCCc1ccc(OC)cc1.N. The molecular formula is C11H19NO. The maximum atomic E-state index is 5.07. The third kappa shape index (κ3) is 3.95. The van der Waals surface area contributed by atoms with E-state index in [2.05, 4.69) is 19.1 Å². The average Bonchev–Trinajstić information content (AvgIpc) is 2.15. The molecule has 0 fully saturated rings. The zero-order valence-electron chi connectivity index (χ0n) is 8.55. The molecule has 0 aliphatic carbocycles. The number of hydrogen-bond acceptors (Lipinski definition) is 2. The lowest BCUT2D eigenvalue weighted by molar-refractivity contribution is 0.414. The fourth-order valence-electron chi connectivity index (χ4n) is 1.17. The summed E-state index contributed by atoms with van der Waals surface area (Å²) in [5, 5.41) is 0. The minimum atomic E-state index is 0. The van der Waals surface area contributed by atoms with Crippen molar-refractivity contribution in [2.75, 3.05) is 7.11 Å². The summed E-state index contributed by atoms with van der Waals surface area (Å²) >= 11 is 0. The van der Waals surface area contributed by atoms with E-state index in [1.165, 1.54) is 24.8 Å². The molecule has 0 atom stereocenters. The van der Waals surface area contributed by atoms with Crippen LogP contribution in [0.3, 0.4) is 0 Å². The van der Waals surface area contributed by atoms with Crippen LogP contribution >= 0.6 is 0 Å². The minimum absolute atomic E-state index is 0. The second kappa shape index (κ2) is 6.49. The summed E-state index contributed by atoms with van der Waals surface area (Å²) in [4.78, 5) is 0. The summed E-state index contributed by atoms with van der Waals surface area (Å²) in [7, 11) is 1.70. The fraction of sp³-hybridized carbons (Fsp3) is 0.455. The number of rotatable bonds is 4. The van der Waals surface area contributed by atoms with E-state index in [0.29, 0.717) is 0 Å². The third-order valence-electron chi connectivity index (χ3n) is 1.98. The van der Waals surface area contributed by atoms with Crippen LogP contribution in [0.25, 0.3) is 0 Å². The molecule has 0 aromatic heterocycles. The van der Waals surface area contributed by atoms with Crippen molar-refractivity contribution in [2.45, 2.75) is 26.2 Å². The summed E-state index contributed by atoms with van der Waals surface area (Å²) in [5.74, 6) is 0.940. The van der Waals surface area contributed by atoms with Gasteiger partial charge >= 0.3 is 0 Å². The topological polar surface area (TPSA) is 44.2 Å². The Balaban J connectivity index is 0.00000144. The molecular weight excluding hydrogens is 162 g/mol. The maximum Gasteiger partial charge on any atom is 0.118 e. The number of ether oxygens (including phenoxy) is 1. The van der Waals surface area contributed by atoms with Crippen molar-refractivity contribution in [3.63, 3.8) is 0 Å². The summed E-state index contributed by atoms with van der Waals surface area (Å²) < 4.78 is 5.07. The monoisotopic (exact) mass is 181 g/mol. The molecule has 0 radical (unpaired) electrons. The van der Waals surface area contributed by atoms with Gasteiger partial charge in [0.05, 0.1) is 7.11 Å². The quantitative estimate of drug-likeness (QED) is 0.775. The Morgan fingerprint density at radius 1 is 1.15 bits per heavy atom. The van der Waals surface area contributed by atoms with E-state index in [0.717, 1.165) is 5.75 Å². The Kier molecular flexibility index (Phi) is 5.98. The van der Waals surface area contributed by atoms with Crippen LogP contribution in [0.1, 0.15) is 25.3 Å². The van der Waals surface area contributed by atoms with Crippen LogP contribution in [-0.2, 0) is 6.42 Å². The highest BCUT2D eigenvalue weighted by Crippen LogP contribution is 2.12. The zero-order chi connectivity index (χ0) is 8.81. The molecule has 0 heterocycles. The van der Waals surface area contributed by atoms with Gasteiger partial charge in [-0.05, 0) is 30.5 Å². The van der Waals surface area contributed by atoms with E-state index in [1.807, 2.05) is 12.1 Å². The highest BCUT2D eigenvalue weighted by Gasteiger charge is 1.92. The molecule has 0 bridgehead atoms. The Morgan fingerprint density at radius 2 is 1.77 bits per heavy atom. The molecule has 1 rings (SSSR count). The first-order valence-electron chi connectivity index (χ1n) is 4.49. The normalized spacial score (nSPS) is 9.08. The Bertz CT molecular complexity index is 218. The number of unbranched alkanes of at least 4 members (excludes halogenated alkanes) is 1. The molecule has 0 saturated carbocycles. The van der Waals surface area contributed by atoms with Gasteiger partial charge in [0.15, 0.2) is 0 Å². The molecule has 3 N–H and O–H groups in total. The lowest BCUT2D eigenvalue weighted by atomic mass is 10.1. The molecule has 74 valence electrons. The predicted octanol–water partition coefficient (Wildman–Crippen LogP) is 3.20. The van der Waals surface area contributed by atoms with Gasteiger partial charge in [0.2, 0.25) is 0 Å². The van der Waals surface area contributed by atoms with Gasteiger partial charge in [-0.15, -0.1) is 0 Å². The zero-order valence-corrected chi connectivity index (χ0v) is 8.55. The summed E-state index contributed by atoms with van der Waals surface area (Å²) in [5.41, 5.74) is 1.40. The van der Waals surface area contributed by atoms with Crippen LogP contribution < -0.4 is 10.9 Å². The molecule has 0 spiro atoms. The third-order valence-corrected chi connectivity index (χ3v) is 1.98. The molecule has 2 heteroatoms. The molecule has 0 amide bonds. The number of aryl methyl sites for hydroxylation is 1. The molecule has 13 heavy (non-hydrogen) atoms. The molecule has 0 unspecified atom stereocenters. The second-order valence-electron chi connectivity index (χ2n) is 2.95. The van der Waals surface area contributed by atoms with Crippen molar-refractivity contribution in [1.82, 2.24) is 6.15 Å². The van der Waals surface area contributed by atoms with Gasteiger partial charge in [0.25, 0.3) is 0 Å². The molecule has 2 nitrogen and oxygen atoms in total. The average molecular weight is 181 g/mol. The Morgan fingerprint density at radius 3 is 2.23 bits per heavy atom. The van der Waals surface area contributed by atoms with Crippen molar-refractivity contribution in [3.05, 3.63) is 29.8 Å². The smallest absolute Gasteiger partial charge is 0.118 e.